The summed E-state index contributed by atoms with van der Waals surface area (Å²) in [4.78, 5) is 9.13. The number of rotatable bonds is 6. The van der Waals surface area contributed by atoms with E-state index in [-0.39, 0.29) is 0 Å². The van der Waals surface area contributed by atoms with E-state index in [9.17, 15) is 0 Å². The van der Waals surface area contributed by atoms with Gasteiger partial charge in [0.2, 0.25) is 5.95 Å². The van der Waals surface area contributed by atoms with Gasteiger partial charge < -0.3 is 15.2 Å². The lowest BCUT2D eigenvalue weighted by molar-refractivity contribution is 0.400. The molecule has 24 heavy (non-hydrogen) atoms. The van der Waals surface area contributed by atoms with Crippen LogP contribution in [0.15, 0.2) is 47.0 Å². The SMILES string of the molecule is CCC(C)Nc1cc(-c2ccccc2)nc(Nc2cc(C)on2)n1. The quantitative estimate of drug-likeness (QED) is 0.700. The molecular formula is C18H21N5O. The monoisotopic (exact) mass is 323 g/mol. The van der Waals surface area contributed by atoms with Crippen molar-refractivity contribution in [3.8, 4) is 11.3 Å². The molecule has 1 atom stereocenters. The van der Waals surface area contributed by atoms with E-state index in [0.29, 0.717) is 17.8 Å². The lowest BCUT2D eigenvalue weighted by Crippen LogP contribution is -2.15. The fourth-order valence-electron chi connectivity index (χ4n) is 2.23. The third-order valence-electron chi connectivity index (χ3n) is 3.67. The maximum Gasteiger partial charge on any atom is 0.231 e. The highest BCUT2D eigenvalue weighted by Gasteiger charge is 2.10. The summed E-state index contributed by atoms with van der Waals surface area (Å²) in [7, 11) is 0. The number of nitrogens with zero attached hydrogens (tertiary/aromatic N) is 3. The minimum absolute atomic E-state index is 0.325. The van der Waals surface area contributed by atoms with Crippen LogP contribution in [0.1, 0.15) is 26.0 Å². The number of nitrogens with one attached hydrogen (secondary N) is 2. The Morgan fingerprint density at radius 2 is 1.88 bits per heavy atom. The van der Waals surface area contributed by atoms with Gasteiger partial charge in [0.1, 0.15) is 11.6 Å². The average Bonchev–Trinajstić information content (AvgIpc) is 3.00. The second-order valence-electron chi connectivity index (χ2n) is 5.73. The number of aromatic nitrogens is 3. The van der Waals surface area contributed by atoms with E-state index in [0.717, 1.165) is 29.3 Å². The number of hydrogen-bond acceptors (Lipinski definition) is 6. The van der Waals surface area contributed by atoms with E-state index in [1.54, 1.807) is 6.07 Å². The highest BCUT2D eigenvalue weighted by Crippen LogP contribution is 2.23. The van der Waals surface area contributed by atoms with Crippen LogP contribution >= 0.6 is 0 Å². The summed E-state index contributed by atoms with van der Waals surface area (Å²) < 4.78 is 5.08. The Labute approximate surface area is 141 Å². The zero-order valence-electron chi connectivity index (χ0n) is 14.1. The molecule has 0 bridgehead atoms. The molecule has 0 aliphatic heterocycles. The van der Waals surface area contributed by atoms with Crippen molar-refractivity contribution in [3.63, 3.8) is 0 Å². The summed E-state index contributed by atoms with van der Waals surface area (Å²) in [6, 6.07) is 14.1. The molecule has 0 saturated carbocycles. The molecule has 6 heteroatoms. The van der Waals surface area contributed by atoms with E-state index >= 15 is 0 Å². The standard InChI is InChI=1S/C18H21N5O/c1-4-12(2)19-16-11-15(14-8-6-5-7-9-14)20-18(21-16)22-17-10-13(3)24-23-17/h5-12H,4H2,1-3H3,(H2,19,20,21,22,23). The second kappa shape index (κ2) is 7.12. The van der Waals surface area contributed by atoms with E-state index in [1.165, 1.54) is 0 Å². The number of anilines is 3. The van der Waals surface area contributed by atoms with E-state index < -0.39 is 0 Å². The minimum Gasteiger partial charge on any atom is -0.367 e. The zero-order valence-corrected chi connectivity index (χ0v) is 14.1. The molecule has 124 valence electrons. The van der Waals surface area contributed by atoms with Gasteiger partial charge in [-0.15, -0.1) is 0 Å². The third kappa shape index (κ3) is 3.90. The molecule has 3 aromatic rings. The first-order chi connectivity index (χ1) is 11.6. The van der Waals surface area contributed by atoms with Crippen LogP contribution in [0.25, 0.3) is 11.3 Å². The second-order valence-corrected chi connectivity index (χ2v) is 5.73. The van der Waals surface area contributed by atoms with Gasteiger partial charge in [-0.2, -0.15) is 4.98 Å². The van der Waals surface area contributed by atoms with Crippen molar-refractivity contribution >= 4 is 17.6 Å². The highest BCUT2D eigenvalue weighted by atomic mass is 16.5. The van der Waals surface area contributed by atoms with Crippen LogP contribution in [-0.4, -0.2) is 21.2 Å². The predicted octanol–water partition coefficient (Wildman–Crippen LogP) is 4.39. The molecule has 0 fully saturated rings. The molecule has 0 aliphatic carbocycles. The van der Waals surface area contributed by atoms with E-state index in [1.807, 2.05) is 43.3 Å². The van der Waals surface area contributed by atoms with Crippen LogP contribution in [0, 0.1) is 6.92 Å². The first-order valence-electron chi connectivity index (χ1n) is 8.05. The zero-order chi connectivity index (χ0) is 16.9. The Bertz CT molecular complexity index is 800. The topological polar surface area (TPSA) is 75.9 Å². The van der Waals surface area contributed by atoms with Crippen LogP contribution in [0.3, 0.4) is 0 Å². The predicted molar refractivity (Wildman–Crippen MR) is 95.4 cm³/mol. The molecule has 1 unspecified atom stereocenters. The molecule has 6 nitrogen and oxygen atoms in total. The number of aryl methyl sites for hydroxylation is 1. The Morgan fingerprint density at radius 1 is 1.08 bits per heavy atom. The first-order valence-corrected chi connectivity index (χ1v) is 8.05. The van der Waals surface area contributed by atoms with Crippen LogP contribution in [-0.2, 0) is 0 Å². The summed E-state index contributed by atoms with van der Waals surface area (Å²) in [5, 5.41) is 10.4. The molecule has 0 amide bonds. The summed E-state index contributed by atoms with van der Waals surface area (Å²) in [5.41, 5.74) is 1.88. The van der Waals surface area contributed by atoms with Gasteiger partial charge in [0.15, 0.2) is 5.82 Å². The van der Waals surface area contributed by atoms with Crippen LogP contribution in [0.4, 0.5) is 17.6 Å². The normalized spacial score (nSPS) is 12.0. The van der Waals surface area contributed by atoms with Crippen molar-refractivity contribution in [1.29, 1.82) is 0 Å². The molecule has 2 N–H and O–H groups in total. The number of benzene rings is 1. The van der Waals surface area contributed by atoms with Crippen molar-refractivity contribution < 1.29 is 4.52 Å². The van der Waals surface area contributed by atoms with Gasteiger partial charge in [0, 0.05) is 23.7 Å². The molecule has 0 spiro atoms. The lowest BCUT2D eigenvalue weighted by atomic mass is 10.1. The van der Waals surface area contributed by atoms with Crippen LogP contribution in [0.5, 0.6) is 0 Å². The summed E-state index contributed by atoms with van der Waals surface area (Å²) >= 11 is 0. The highest BCUT2D eigenvalue weighted by molar-refractivity contribution is 5.65. The molecule has 0 aliphatic rings. The molecule has 0 radical (unpaired) electrons. The fraction of sp³-hybridized carbons (Fsp3) is 0.278. The third-order valence-corrected chi connectivity index (χ3v) is 3.67. The Kier molecular flexibility index (Phi) is 4.74. The van der Waals surface area contributed by atoms with Gasteiger partial charge in [-0.25, -0.2) is 4.98 Å². The molecule has 1 aromatic carbocycles. The van der Waals surface area contributed by atoms with Gasteiger partial charge in [0.25, 0.3) is 0 Å². The molecule has 3 rings (SSSR count). The Balaban J connectivity index is 1.95. The molecule has 2 heterocycles. The maximum absolute atomic E-state index is 5.08. The van der Waals surface area contributed by atoms with Crippen molar-refractivity contribution in [1.82, 2.24) is 15.1 Å². The maximum atomic E-state index is 5.08. The average molecular weight is 323 g/mol. The molecule has 2 aromatic heterocycles. The van der Waals surface area contributed by atoms with E-state index in [2.05, 4.69) is 39.6 Å². The van der Waals surface area contributed by atoms with Crippen LogP contribution in [0.2, 0.25) is 0 Å². The largest absolute Gasteiger partial charge is 0.367 e. The summed E-state index contributed by atoms with van der Waals surface area (Å²) in [5.74, 6) is 2.58. The summed E-state index contributed by atoms with van der Waals surface area (Å²) in [6.07, 6.45) is 1.01. The van der Waals surface area contributed by atoms with Crippen molar-refractivity contribution in [3.05, 3.63) is 48.2 Å². The minimum atomic E-state index is 0.325. The Morgan fingerprint density at radius 3 is 2.54 bits per heavy atom. The Hall–Kier alpha value is -2.89. The van der Waals surface area contributed by atoms with Gasteiger partial charge in [-0.05, 0) is 20.3 Å². The molecular weight excluding hydrogens is 302 g/mol. The van der Waals surface area contributed by atoms with Crippen molar-refractivity contribution in [2.75, 3.05) is 10.6 Å². The van der Waals surface area contributed by atoms with Crippen molar-refractivity contribution in [2.45, 2.75) is 33.2 Å². The summed E-state index contributed by atoms with van der Waals surface area (Å²) in [6.45, 7) is 6.10. The number of hydrogen-bond donors (Lipinski definition) is 2. The van der Waals surface area contributed by atoms with Gasteiger partial charge >= 0.3 is 0 Å². The molecule has 0 saturated heterocycles. The lowest BCUT2D eigenvalue weighted by Gasteiger charge is -2.14. The van der Waals surface area contributed by atoms with Crippen molar-refractivity contribution in [2.24, 2.45) is 0 Å². The van der Waals surface area contributed by atoms with E-state index in [4.69, 9.17) is 4.52 Å². The van der Waals surface area contributed by atoms with Gasteiger partial charge in [-0.3, -0.25) is 0 Å². The fourth-order valence-corrected chi connectivity index (χ4v) is 2.23. The van der Waals surface area contributed by atoms with Gasteiger partial charge in [-0.1, -0.05) is 42.4 Å². The smallest absolute Gasteiger partial charge is 0.231 e. The first kappa shape index (κ1) is 16.0. The van der Waals surface area contributed by atoms with Gasteiger partial charge in [0.05, 0.1) is 5.69 Å². The van der Waals surface area contributed by atoms with Crippen LogP contribution < -0.4 is 10.6 Å².